The lowest BCUT2D eigenvalue weighted by Crippen LogP contribution is -2.48. The molecule has 0 bridgehead atoms. The van der Waals surface area contributed by atoms with Crippen LogP contribution in [-0.2, 0) is 14.3 Å². The van der Waals surface area contributed by atoms with Crippen LogP contribution in [0.25, 0.3) is 0 Å². The monoisotopic (exact) mass is 297 g/mol. The standard InChI is InChI=1S/C15H27N3O3/c1-18(2)14(20)15(7-3-4-8-15)10-17-13(19)12-6-5-11(9-16)21-12/h11-12H,3-10,16H2,1-2H3,(H,17,19)/t11-,12+/m1/s1. The van der Waals surface area contributed by atoms with E-state index in [1.165, 1.54) is 0 Å². The Hall–Kier alpha value is -1.14. The van der Waals surface area contributed by atoms with Crippen LogP contribution in [0.15, 0.2) is 0 Å². The first kappa shape index (κ1) is 16.2. The molecule has 2 atom stereocenters. The minimum absolute atomic E-state index is 0.00963. The van der Waals surface area contributed by atoms with Crippen molar-refractivity contribution < 1.29 is 14.3 Å². The molecule has 1 saturated heterocycles. The van der Waals surface area contributed by atoms with Gasteiger partial charge in [0.15, 0.2) is 0 Å². The molecule has 0 spiro atoms. The summed E-state index contributed by atoms with van der Waals surface area (Å²) in [5.74, 6) is 0.0104. The highest BCUT2D eigenvalue weighted by atomic mass is 16.5. The number of amides is 2. The third-order valence-electron chi connectivity index (χ3n) is 4.68. The fraction of sp³-hybridized carbons (Fsp3) is 0.867. The van der Waals surface area contributed by atoms with Crippen LogP contribution >= 0.6 is 0 Å². The van der Waals surface area contributed by atoms with E-state index in [2.05, 4.69) is 5.32 Å². The molecule has 0 unspecified atom stereocenters. The van der Waals surface area contributed by atoms with E-state index >= 15 is 0 Å². The number of nitrogens with two attached hydrogens (primary N) is 1. The summed E-state index contributed by atoms with van der Waals surface area (Å²) in [7, 11) is 3.55. The van der Waals surface area contributed by atoms with Gasteiger partial charge in [-0.2, -0.15) is 0 Å². The first-order valence-corrected chi connectivity index (χ1v) is 7.83. The van der Waals surface area contributed by atoms with E-state index in [0.29, 0.717) is 19.5 Å². The lowest BCUT2D eigenvalue weighted by atomic mass is 9.84. The maximum Gasteiger partial charge on any atom is 0.249 e. The molecule has 6 nitrogen and oxygen atoms in total. The smallest absolute Gasteiger partial charge is 0.249 e. The van der Waals surface area contributed by atoms with Gasteiger partial charge in [-0.25, -0.2) is 0 Å². The number of carbonyl (C=O) groups excluding carboxylic acids is 2. The summed E-state index contributed by atoms with van der Waals surface area (Å²) < 4.78 is 5.60. The Morgan fingerprint density at radius 1 is 1.29 bits per heavy atom. The van der Waals surface area contributed by atoms with Gasteiger partial charge in [-0.15, -0.1) is 0 Å². The number of hydrogen-bond donors (Lipinski definition) is 2. The van der Waals surface area contributed by atoms with Crippen LogP contribution in [0.2, 0.25) is 0 Å². The Kier molecular flexibility index (Phi) is 5.22. The van der Waals surface area contributed by atoms with Crippen LogP contribution in [0.4, 0.5) is 0 Å². The summed E-state index contributed by atoms with van der Waals surface area (Å²) in [4.78, 5) is 26.3. The summed E-state index contributed by atoms with van der Waals surface area (Å²) in [6, 6.07) is 0. The van der Waals surface area contributed by atoms with Gasteiger partial charge in [0.05, 0.1) is 11.5 Å². The predicted octanol–water partition coefficient (Wildman–Crippen LogP) is 0.258. The molecule has 2 fully saturated rings. The molecule has 0 aromatic carbocycles. The molecule has 2 amide bonds. The van der Waals surface area contributed by atoms with Gasteiger partial charge in [0.25, 0.3) is 0 Å². The van der Waals surface area contributed by atoms with Gasteiger partial charge in [-0.05, 0) is 25.7 Å². The van der Waals surface area contributed by atoms with Crippen molar-refractivity contribution in [1.82, 2.24) is 10.2 Å². The highest BCUT2D eigenvalue weighted by Crippen LogP contribution is 2.39. The molecule has 1 saturated carbocycles. The van der Waals surface area contributed by atoms with E-state index in [1.807, 2.05) is 0 Å². The fourth-order valence-electron chi connectivity index (χ4n) is 3.43. The largest absolute Gasteiger partial charge is 0.364 e. The summed E-state index contributed by atoms with van der Waals surface area (Å²) in [5, 5.41) is 2.94. The van der Waals surface area contributed by atoms with E-state index in [0.717, 1.165) is 32.1 Å². The molecule has 1 heterocycles. The number of nitrogens with zero attached hydrogens (tertiary/aromatic N) is 1. The maximum absolute atomic E-state index is 12.4. The van der Waals surface area contributed by atoms with Gasteiger partial charge >= 0.3 is 0 Å². The van der Waals surface area contributed by atoms with E-state index in [4.69, 9.17) is 10.5 Å². The second-order valence-electron chi connectivity index (χ2n) is 6.46. The Labute approximate surface area is 126 Å². The van der Waals surface area contributed by atoms with Crippen molar-refractivity contribution in [3.05, 3.63) is 0 Å². The van der Waals surface area contributed by atoms with Gasteiger partial charge in [0.1, 0.15) is 6.10 Å². The first-order valence-electron chi connectivity index (χ1n) is 7.83. The van der Waals surface area contributed by atoms with Crippen molar-refractivity contribution in [2.75, 3.05) is 27.2 Å². The Balaban J connectivity index is 1.90. The summed E-state index contributed by atoms with van der Waals surface area (Å²) in [6.45, 7) is 0.864. The zero-order valence-corrected chi connectivity index (χ0v) is 13.1. The van der Waals surface area contributed by atoms with Crippen molar-refractivity contribution in [2.24, 2.45) is 11.1 Å². The second kappa shape index (κ2) is 6.75. The summed E-state index contributed by atoms with van der Waals surface area (Å²) in [5.41, 5.74) is 5.13. The Bertz CT molecular complexity index is 392. The van der Waals surface area contributed by atoms with Crippen LogP contribution in [0.3, 0.4) is 0 Å². The third kappa shape index (κ3) is 3.55. The van der Waals surface area contributed by atoms with Crippen LogP contribution < -0.4 is 11.1 Å². The maximum atomic E-state index is 12.4. The van der Waals surface area contributed by atoms with Crippen LogP contribution in [-0.4, -0.2) is 56.1 Å². The molecule has 120 valence electrons. The summed E-state index contributed by atoms with van der Waals surface area (Å²) in [6.07, 6.45) is 4.91. The molecular weight excluding hydrogens is 270 g/mol. The fourth-order valence-corrected chi connectivity index (χ4v) is 3.43. The molecular formula is C15H27N3O3. The number of carbonyl (C=O) groups is 2. The SMILES string of the molecule is CN(C)C(=O)C1(CNC(=O)[C@@H]2CC[C@H](CN)O2)CCCC1. The van der Waals surface area contributed by atoms with Crippen molar-refractivity contribution >= 4 is 11.8 Å². The molecule has 0 radical (unpaired) electrons. The number of rotatable bonds is 5. The predicted molar refractivity (Wildman–Crippen MR) is 79.6 cm³/mol. The summed E-state index contributed by atoms with van der Waals surface area (Å²) >= 11 is 0. The first-order chi connectivity index (χ1) is 9.98. The molecule has 3 N–H and O–H groups in total. The minimum Gasteiger partial charge on any atom is -0.364 e. The lowest BCUT2D eigenvalue weighted by Gasteiger charge is -2.31. The lowest BCUT2D eigenvalue weighted by molar-refractivity contribution is -0.140. The van der Waals surface area contributed by atoms with Gasteiger partial charge in [-0.3, -0.25) is 9.59 Å². The number of ether oxygens (including phenoxy) is 1. The van der Waals surface area contributed by atoms with Crippen LogP contribution in [0.1, 0.15) is 38.5 Å². The molecule has 2 aliphatic rings. The van der Waals surface area contributed by atoms with Crippen molar-refractivity contribution in [1.29, 1.82) is 0 Å². The zero-order chi connectivity index (χ0) is 15.5. The van der Waals surface area contributed by atoms with Gasteiger partial charge in [0, 0.05) is 27.2 Å². The third-order valence-corrected chi connectivity index (χ3v) is 4.68. The average molecular weight is 297 g/mol. The number of hydrogen-bond acceptors (Lipinski definition) is 4. The highest BCUT2D eigenvalue weighted by Gasteiger charge is 2.42. The minimum atomic E-state index is -0.426. The van der Waals surface area contributed by atoms with E-state index < -0.39 is 11.5 Å². The van der Waals surface area contributed by atoms with E-state index in [9.17, 15) is 9.59 Å². The Morgan fingerprint density at radius 3 is 2.48 bits per heavy atom. The second-order valence-corrected chi connectivity index (χ2v) is 6.46. The highest BCUT2D eigenvalue weighted by molar-refractivity contribution is 5.85. The molecule has 6 heteroatoms. The molecule has 1 aliphatic carbocycles. The van der Waals surface area contributed by atoms with E-state index in [-0.39, 0.29) is 17.9 Å². The van der Waals surface area contributed by atoms with Crippen molar-refractivity contribution in [3.8, 4) is 0 Å². The molecule has 2 rings (SSSR count). The van der Waals surface area contributed by atoms with Crippen LogP contribution in [0, 0.1) is 5.41 Å². The van der Waals surface area contributed by atoms with Crippen molar-refractivity contribution in [3.63, 3.8) is 0 Å². The normalized spacial score (nSPS) is 27.6. The molecule has 0 aromatic rings. The molecule has 21 heavy (non-hydrogen) atoms. The zero-order valence-electron chi connectivity index (χ0n) is 13.1. The van der Waals surface area contributed by atoms with Gasteiger partial charge < -0.3 is 20.7 Å². The topological polar surface area (TPSA) is 84.7 Å². The van der Waals surface area contributed by atoms with Crippen molar-refractivity contribution in [2.45, 2.75) is 50.7 Å². The van der Waals surface area contributed by atoms with Crippen LogP contribution in [0.5, 0.6) is 0 Å². The van der Waals surface area contributed by atoms with E-state index in [1.54, 1.807) is 19.0 Å². The average Bonchev–Trinajstić information content (AvgIpc) is 3.13. The molecule has 1 aliphatic heterocycles. The molecule has 0 aromatic heterocycles. The number of nitrogens with one attached hydrogen (secondary N) is 1. The Morgan fingerprint density at radius 2 is 1.95 bits per heavy atom. The van der Waals surface area contributed by atoms with Gasteiger partial charge in [0.2, 0.25) is 11.8 Å². The van der Waals surface area contributed by atoms with Gasteiger partial charge in [-0.1, -0.05) is 12.8 Å². The quantitative estimate of drug-likeness (QED) is 0.762.